The third-order valence-corrected chi connectivity index (χ3v) is 2.22. The molecule has 15 heavy (non-hydrogen) atoms. The molecule has 1 saturated heterocycles. The van der Waals surface area contributed by atoms with Crippen LogP contribution in [-0.4, -0.2) is 47.4 Å². The molecule has 0 saturated carbocycles. The molecular formula is C9H15NO5. The predicted octanol–water partition coefficient (Wildman–Crippen LogP) is -0.883. The van der Waals surface area contributed by atoms with Crippen molar-refractivity contribution in [1.82, 2.24) is 5.32 Å². The highest BCUT2D eigenvalue weighted by Gasteiger charge is 2.34. The fourth-order valence-electron chi connectivity index (χ4n) is 1.42. The molecule has 0 aromatic carbocycles. The van der Waals surface area contributed by atoms with E-state index in [-0.39, 0.29) is 12.5 Å². The summed E-state index contributed by atoms with van der Waals surface area (Å²) in [5.74, 6) is -1.33. The average molecular weight is 217 g/mol. The van der Waals surface area contributed by atoms with Crippen LogP contribution in [0.2, 0.25) is 0 Å². The number of ether oxygens (including phenoxy) is 1. The van der Waals surface area contributed by atoms with Crippen molar-refractivity contribution in [1.29, 1.82) is 0 Å². The summed E-state index contributed by atoms with van der Waals surface area (Å²) >= 11 is 0. The first-order valence-electron chi connectivity index (χ1n) is 4.92. The number of carboxylic acids is 1. The minimum atomic E-state index is -1.03. The van der Waals surface area contributed by atoms with Gasteiger partial charge >= 0.3 is 5.97 Å². The fraction of sp³-hybridized carbons (Fsp3) is 0.778. The second-order valence-electron chi connectivity index (χ2n) is 3.40. The molecular weight excluding hydrogens is 202 g/mol. The molecule has 6 nitrogen and oxygen atoms in total. The Morgan fingerprint density at radius 1 is 1.33 bits per heavy atom. The van der Waals surface area contributed by atoms with Gasteiger partial charge in [-0.2, -0.15) is 0 Å². The standard InChI is InChI=1S/C9H15NO5/c11-5-1-4-10-8(12)6-2-3-7(15-6)9(13)14/h6-7,11H,1-5H2,(H,10,12)(H,13,14)/t6-,7+/m0/s1. The number of carboxylic acid groups (broad SMARTS) is 1. The number of rotatable bonds is 5. The van der Waals surface area contributed by atoms with Gasteiger partial charge in [0.2, 0.25) is 5.91 Å². The van der Waals surface area contributed by atoms with Crippen LogP contribution in [0.4, 0.5) is 0 Å². The van der Waals surface area contributed by atoms with Gasteiger partial charge in [0.15, 0.2) is 6.10 Å². The van der Waals surface area contributed by atoms with Crippen molar-refractivity contribution in [3.05, 3.63) is 0 Å². The van der Waals surface area contributed by atoms with E-state index in [9.17, 15) is 9.59 Å². The average Bonchev–Trinajstić information content (AvgIpc) is 2.66. The first kappa shape index (κ1) is 11.9. The number of nitrogens with one attached hydrogen (secondary N) is 1. The molecule has 6 heteroatoms. The Morgan fingerprint density at radius 2 is 2.00 bits per heavy atom. The van der Waals surface area contributed by atoms with Crippen molar-refractivity contribution in [3.63, 3.8) is 0 Å². The molecule has 1 fully saturated rings. The van der Waals surface area contributed by atoms with E-state index in [2.05, 4.69) is 5.32 Å². The number of hydrogen-bond acceptors (Lipinski definition) is 4. The van der Waals surface area contributed by atoms with E-state index in [1.54, 1.807) is 0 Å². The topological polar surface area (TPSA) is 95.9 Å². The summed E-state index contributed by atoms with van der Waals surface area (Å²) in [6, 6.07) is 0. The lowest BCUT2D eigenvalue weighted by atomic mass is 10.2. The van der Waals surface area contributed by atoms with Crippen molar-refractivity contribution in [2.24, 2.45) is 0 Å². The lowest BCUT2D eigenvalue weighted by molar-refractivity contribution is -0.151. The van der Waals surface area contributed by atoms with Gasteiger partial charge < -0.3 is 20.3 Å². The number of aliphatic hydroxyl groups excluding tert-OH is 1. The third-order valence-electron chi connectivity index (χ3n) is 2.22. The Morgan fingerprint density at radius 3 is 2.53 bits per heavy atom. The van der Waals surface area contributed by atoms with Crippen LogP contribution < -0.4 is 5.32 Å². The lowest BCUT2D eigenvalue weighted by Gasteiger charge is -2.11. The Balaban J connectivity index is 2.27. The van der Waals surface area contributed by atoms with Crippen molar-refractivity contribution in [3.8, 4) is 0 Å². The van der Waals surface area contributed by atoms with E-state index in [1.807, 2.05) is 0 Å². The number of aliphatic carboxylic acids is 1. The van der Waals surface area contributed by atoms with Gasteiger partial charge in [-0.05, 0) is 19.3 Å². The minimum Gasteiger partial charge on any atom is -0.479 e. The predicted molar refractivity (Wildman–Crippen MR) is 50.2 cm³/mol. The molecule has 0 spiro atoms. The number of amides is 1. The van der Waals surface area contributed by atoms with Gasteiger partial charge in [0.25, 0.3) is 0 Å². The van der Waals surface area contributed by atoms with E-state index in [4.69, 9.17) is 14.9 Å². The van der Waals surface area contributed by atoms with Crippen molar-refractivity contribution >= 4 is 11.9 Å². The quantitative estimate of drug-likeness (QED) is 0.519. The maximum absolute atomic E-state index is 11.4. The number of carbonyl (C=O) groups is 2. The second-order valence-corrected chi connectivity index (χ2v) is 3.40. The van der Waals surface area contributed by atoms with Gasteiger partial charge in [-0.3, -0.25) is 4.79 Å². The SMILES string of the molecule is O=C(NCCCO)[C@@H]1CC[C@H](C(=O)O)O1. The highest BCUT2D eigenvalue weighted by atomic mass is 16.5. The van der Waals surface area contributed by atoms with Gasteiger partial charge in [0.05, 0.1) is 0 Å². The summed E-state index contributed by atoms with van der Waals surface area (Å²) in [4.78, 5) is 21.9. The van der Waals surface area contributed by atoms with E-state index >= 15 is 0 Å². The van der Waals surface area contributed by atoms with Crippen LogP contribution in [0.25, 0.3) is 0 Å². The third kappa shape index (κ3) is 3.49. The smallest absolute Gasteiger partial charge is 0.332 e. The maximum atomic E-state index is 11.4. The van der Waals surface area contributed by atoms with Gasteiger partial charge in [0, 0.05) is 13.2 Å². The molecule has 0 aromatic rings. The van der Waals surface area contributed by atoms with Crippen molar-refractivity contribution in [2.45, 2.75) is 31.5 Å². The van der Waals surface area contributed by atoms with E-state index in [0.717, 1.165) is 0 Å². The van der Waals surface area contributed by atoms with Crippen LogP contribution in [0.1, 0.15) is 19.3 Å². The van der Waals surface area contributed by atoms with Crippen LogP contribution in [-0.2, 0) is 14.3 Å². The Bertz CT molecular complexity index is 243. The summed E-state index contributed by atoms with van der Waals surface area (Å²) < 4.78 is 5.04. The highest BCUT2D eigenvalue weighted by Crippen LogP contribution is 2.19. The Kier molecular flexibility index (Phi) is 4.51. The van der Waals surface area contributed by atoms with Crippen LogP contribution in [0, 0.1) is 0 Å². The van der Waals surface area contributed by atoms with Crippen LogP contribution in [0.3, 0.4) is 0 Å². The number of carbonyl (C=O) groups excluding carboxylic acids is 1. The summed E-state index contributed by atoms with van der Waals surface area (Å²) in [6.07, 6.45) is -0.237. The first-order chi connectivity index (χ1) is 7.15. The maximum Gasteiger partial charge on any atom is 0.332 e. The molecule has 3 N–H and O–H groups in total. The molecule has 1 aliphatic heterocycles. The molecule has 0 bridgehead atoms. The lowest BCUT2D eigenvalue weighted by Crippen LogP contribution is -2.36. The van der Waals surface area contributed by atoms with Gasteiger partial charge in [-0.15, -0.1) is 0 Å². The van der Waals surface area contributed by atoms with Crippen LogP contribution in [0.15, 0.2) is 0 Å². The summed E-state index contributed by atoms with van der Waals surface area (Å²) in [7, 11) is 0. The molecule has 0 aromatic heterocycles. The van der Waals surface area contributed by atoms with E-state index in [0.29, 0.717) is 25.8 Å². The summed E-state index contributed by atoms with van der Waals surface area (Å²) in [5.41, 5.74) is 0. The molecule has 0 unspecified atom stereocenters. The van der Waals surface area contributed by atoms with Crippen LogP contribution >= 0.6 is 0 Å². The molecule has 1 rings (SSSR count). The van der Waals surface area contributed by atoms with Crippen molar-refractivity contribution < 1.29 is 24.5 Å². The van der Waals surface area contributed by atoms with E-state index in [1.165, 1.54) is 0 Å². The normalized spacial score (nSPS) is 25.1. The van der Waals surface area contributed by atoms with Crippen LogP contribution in [0.5, 0.6) is 0 Å². The summed E-state index contributed by atoms with van der Waals surface area (Å²) in [6.45, 7) is 0.399. The molecule has 2 atom stereocenters. The Hall–Kier alpha value is -1.14. The number of aliphatic hydroxyl groups is 1. The van der Waals surface area contributed by atoms with Gasteiger partial charge in [-0.25, -0.2) is 4.79 Å². The van der Waals surface area contributed by atoms with Crippen molar-refractivity contribution in [2.75, 3.05) is 13.2 Å². The minimum absolute atomic E-state index is 0.0174. The molecule has 0 aliphatic carbocycles. The molecule has 86 valence electrons. The van der Waals surface area contributed by atoms with E-state index < -0.39 is 18.2 Å². The molecule has 1 aliphatic rings. The molecule has 1 amide bonds. The zero-order valence-corrected chi connectivity index (χ0v) is 8.31. The second kappa shape index (κ2) is 5.67. The molecule has 0 radical (unpaired) electrons. The van der Waals surface area contributed by atoms with Gasteiger partial charge in [0.1, 0.15) is 6.10 Å². The van der Waals surface area contributed by atoms with Gasteiger partial charge in [-0.1, -0.05) is 0 Å². The fourth-order valence-corrected chi connectivity index (χ4v) is 1.42. The zero-order chi connectivity index (χ0) is 11.3. The monoisotopic (exact) mass is 217 g/mol. The Labute approximate surface area is 87.2 Å². The number of hydrogen-bond donors (Lipinski definition) is 3. The largest absolute Gasteiger partial charge is 0.479 e. The molecule has 1 heterocycles. The highest BCUT2D eigenvalue weighted by molar-refractivity contribution is 5.82. The summed E-state index contributed by atoms with van der Waals surface area (Å²) in [5, 5.41) is 19.7. The first-order valence-corrected chi connectivity index (χ1v) is 4.92. The zero-order valence-electron chi connectivity index (χ0n) is 8.31.